The summed E-state index contributed by atoms with van der Waals surface area (Å²) in [6.45, 7) is 7.26. The largest absolute Gasteiger partial charge is 0.444 e. The van der Waals surface area contributed by atoms with E-state index in [0.29, 0.717) is 21.0 Å². The van der Waals surface area contributed by atoms with Gasteiger partial charge in [0, 0.05) is 0 Å². The van der Waals surface area contributed by atoms with Gasteiger partial charge in [0.2, 0.25) is 0 Å². The maximum Gasteiger partial charge on any atom is 0.328 e. The Morgan fingerprint density at radius 1 is 1.00 bits per heavy atom. The molecular formula is C4H14O3Si4. The van der Waals surface area contributed by atoms with Gasteiger partial charge in [-0.3, -0.25) is 0 Å². The van der Waals surface area contributed by atoms with Crippen LogP contribution < -0.4 is 0 Å². The first-order valence-corrected chi connectivity index (χ1v) is 8.09. The standard InChI is InChI=1S/C4H14O3Si4/c1-3-10(5-8)7-11(4-2)6-9/h3-4,10-11H,1-2H2,8-9H3. The van der Waals surface area contributed by atoms with Gasteiger partial charge in [0.25, 0.3) is 0 Å². The SMILES string of the molecule is C=C[SiH](O[SiH3])O[SiH](C=C)O[SiH3]. The first-order chi connectivity index (χ1) is 5.28. The highest BCUT2D eigenvalue weighted by molar-refractivity contribution is 6.67. The van der Waals surface area contributed by atoms with Crippen molar-refractivity contribution >= 4 is 39.5 Å². The first kappa shape index (κ1) is 11.2. The minimum atomic E-state index is -1.57. The second-order valence-corrected chi connectivity index (χ2v) is 9.09. The van der Waals surface area contributed by atoms with E-state index in [2.05, 4.69) is 13.2 Å². The van der Waals surface area contributed by atoms with Crippen molar-refractivity contribution in [2.75, 3.05) is 0 Å². The van der Waals surface area contributed by atoms with Crippen molar-refractivity contribution in [2.45, 2.75) is 0 Å². The smallest absolute Gasteiger partial charge is 0.328 e. The van der Waals surface area contributed by atoms with E-state index in [1.54, 1.807) is 11.4 Å². The van der Waals surface area contributed by atoms with E-state index in [1.165, 1.54) is 0 Å². The highest BCUT2D eigenvalue weighted by atomic mass is 28.4. The lowest BCUT2D eigenvalue weighted by molar-refractivity contribution is 0.411. The Labute approximate surface area is 76.8 Å². The molecule has 0 spiro atoms. The first-order valence-electron chi connectivity index (χ1n) is 3.24. The molecule has 0 aliphatic heterocycles. The van der Waals surface area contributed by atoms with Crippen molar-refractivity contribution in [3.05, 3.63) is 24.6 Å². The minimum absolute atomic E-state index is 0.702. The van der Waals surface area contributed by atoms with Crippen molar-refractivity contribution in [2.24, 2.45) is 0 Å². The molecule has 0 aromatic carbocycles. The van der Waals surface area contributed by atoms with Gasteiger partial charge in [-0.1, -0.05) is 11.4 Å². The Morgan fingerprint density at radius 2 is 1.36 bits per heavy atom. The molecule has 0 heterocycles. The lowest BCUT2D eigenvalue weighted by Crippen LogP contribution is -2.30. The lowest BCUT2D eigenvalue weighted by atomic mass is 11.3. The second kappa shape index (κ2) is 6.91. The van der Waals surface area contributed by atoms with Gasteiger partial charge in [-0.2, -0.15) is 0 Å². The van der Waals surface area contributed by atoms with Crippen LogP contribution >= 0.6 is 0 Å². The number of hydrogen-bond donors (Lipinski definition) is 0. The van der Waals surface area contributed by atoms with Gasteiger partial charge >= 0.3 is 18.6 Å². The van der Waals surface area contributed by atoms with E-state index in [9.17, 15) is 0 Å². The lowest BCUT2D eigenvalue weighted by Gasteiger charge is -2.15. The zero-order valence-electron chi connectivity index (χ0n) is 6.95. The molecule has 64 valence electrons. The molecular weight excluding hydrogens is 208 g/mol. The normalized spacial score (nSPS) is 16.0. The minimum Gasteiger partial charge on any atom is -0.444 e. The van der Waals surface area contributed by atoms with E-state index in [-0.39, 0.29) is 0 Å². The second-order valence-electron chi connectivity index (χ2n) is 1.82. The van der Waals surface area contributed by atoms with Crippen molar-refractivity contribution in [1.29, 1.82) is 0 Å². The Bertz CT molecular complexity index is 117. The molecule has 3 nitrogen and oxygen atoms in total. The van der Waals surface area contributed by atoms with E-state index in [0.717, 1.165) is 0 Å². The van der Waals surface area contributed by atoms with Crippen LogP contribution in [-0.4, -0.2) is 39.5 Å². The van der Waals surface area contributed by atoms with E-state index >= 15 is 0 Å². The Balaban J connectivity index is 3.76. The van der Waals surface area contributed by atoms with Crippen LogP contribution in [0.3, 0.4) is 0 Å². The molecule has 0 fully saturated rings. The quantitative estimate of drug-likeness (QED) is 0.465. The summed E-state index contributed by atoms with van der Waals surface area (Å²) in [5.74, 6) is 0. The third-order valence-electron chi connectivity index (χ3n) is 1.12. The maximum absolute atomic E-state index is 5.51. The molecule has 0 aromatic heterocycles. The van der Waals surface area contributed by atoms with Crippen LogP contribution in [0.15, 0.2) is 24.6 Å². The molecule has 0 aliphatic rings. The fourth-order valence-corrected chi connectivity index (χ4v) is 6.92. The Morgan fingerprint density at radius 3 is 1.55 bits per heavy atom. The van der Waals surface area contributed by atoms with Crippen molar-refractivity contribution in [1.82, 2.24) is 0 Å². The molecule has 2 atom stereocenters. The van der Waals surface area contributed by atoms with Crippen molar-refractivity contribution < 1.29 is 12.3 Å². The van der Waals surface area contributed by atoms with Gasteiger partial charge in [-0.05, 0) is 0 Å². The molecule has 0 aromatic rings. The van der Waals surface area contributed by atoms with E-state index in [1.807, 2.05) is 0 Å². The van der Waals surface area contributed by atoms with Gasteiger partial charge < -0.3 is 12.3 Å². The molecule has 0 bridgehead atoms. The van der Waals surface area contributed by atoms with Gasteiger partial charge in [0.15, 0.2) is 0 Å². The fourth-order valence-electron chi connectivity index (χ4n) is 0.547. The third-order valence-corrected chi connectivity index (χ3v) is 7.75. The van der Waals surface area contributed by atoms with Crippen LogP contribution in [0.25, 0.3) is 0 Å². The summed E-state index contributed by atoms with van der Waals surface area (Å²) in [5, 5.41) is 0. The molecule has 0 amide bonds. The molecule has 0 N–H and O–H groups in total. The van der Waals surface area contributed by atoms with Crippen LogP contribution in [0.4, 0.5) is 0 Å². The van der Waals surface area contributed by atoms with E-state index in [4.69, 9.17) is 12.3 Å². The summed E-state index contributed by atoms with van der Waals surface area (Å²) >= 11 is 0. The third kappa shape index (κ3) is 4.63. The van der Waals surface area contributed by atoms with Crippen LogP contribution in [-0.2, 0) is 12.3 Å². The van der Waals surface area contributed by atoms with Gasteiger partial charge in [-0.15, -0.1) is 13.2 Å². The molecule has 0 rings (SSSR count). The summed E-state index contributed by atoms with van der Waals surface area (Å²) in [7, 11) is -1.74. The Hall–Kier alpha value is 0.228. The maximum atomic E-state index is 5.51. The summed E-state index contributed by atoms with van der Waals surface area (Å²) < 4.78 is 15.9. The average molecular weight is 222 g/mol. The number of rotatable bonds is 6. The zero-order valence-corrected chi connectivity index (χ0v) is 13.3. The summed E-state index contributed by atoms with van der Waals surface area (Å²) in [5.41, 5.74) is 3.52. The van der Waals surface area contributed by atoms with Crippen molar-refractivity contribution in [3.63, 3.8) is 0 Å². The zero-order chi connectivity index (χ0) is 8.69. The molecule has 0 aliphatic carbocycles. The molecule has 0 radical (unpaired) electrons. The van der Waals surface area contributed by atoms with Crippen LogP contribution in [0, 0.1) is 0 Å². The predicted molar refractivity (Wildman–Crippen MR) is 57.8 cm³/mol. The summed E-state index contributed by atoms with van der Waals surface area (Å²) in [6, 6.07) is 0. The van der Waals surface area contributed by atoms with Gasteiger partial charge in [0.05, 0.1) is 0 Å². The highest BCUT2D eigenvalue weighted by Crippen LogP contribution is 1.94. The van der Waals surface area contributed by atoms with Crippen molar-refractivity contribution in [3.8, 4) is 0 Å². The molecule has 11 heavy (non-hydrogen) atoms. The topological polar surface area (TPSA) is 27.7 Å². The Kier molecular flexibility index (Phi) is 7.05. The van der Waals surface area contributed by atoms with Crippen LogP contribution in [0.2, 0.25) is 0 Å². The predicted octanol–water partition coefficient (Wildman–Crippen LogP) is -2.51. The van der Waals surface area contributed by atoms with Crippen LogP contribution in [0.5, 0.6) is 0 Å². The van der Waals surface area contributed by atoms with Gasteiger partial charge in [0.1, 0.15) is 21.0 Å². The van der Waals surface area contributed by atoms with Gasteiger partial charge in [-0.25, -0.2) is 0 Å². The highest BCUT2D eigenvalue weighted by Gasteiger charge is 2.12. The van der Waals surface area contributed by atoms with E-state index < -0.39 is 18.6 Å². The molecule has 2 unspecified atom stereocenters. The monoisotopic (exact) mass is 222 g/mol. The number of hydrogen-bond acceptors (Lipinski definition) is 3. The molecule has 7 heteroatoms. The molecule has 0 saturated carbocycles. The summed E-state index contributed by atoms with van der Waals surface area (Å²) in [4.78, 5) is 0. The van der Waals surface area contributed by atoms with Crippen LogP contribution in [0.1, 0.15) is 0 Å². The summed E-state index contributed by atoms with van der Waals surface area (Å²) in [6.07, 6.45) is 0. The average Bonchev–Trinajstić information content (AvgIpc) is 2.07. The fraction of sp³-hybridized carbons (Fsp3) is 0. The molecule has 0 saturated heterocycles.